The maximum atomic E-state index is 15.2. The number of ether oxygens (including phenoxy) is 6. The minimum Gasteiger partial charge on any atom is -0.463 e. The fourth-order valence-electron chi connectivity index (χ4n) is 14.5. The molecule has 3 saturated heterocycles. The Hall–Kier alpha value is -9.72. The third-order valence-electron chi connectivity index (χ3n) is 18.8. The van der Waals surface area contributed by atoms with E-state index in [1.807, 2.05) is 0 Å². The number of H-pyrrole nitrogens is 4. The van der Waals surface area contributed by atoms with Gasteiger partial charge in [-0.25, -0.2) is 22.4 Å². The van der Waals surface area contributed by atoms with Crippen LogP contribution in [0.4, 0.5) is 22.4 Å². The molecule has 22 nitrogen and oxygen atoms in total. The molecule has 4 aliphatic rings. The quantitative estimate of drug-likeness (QED) is 0.0221. The van der Waals surface area contributed by atoms with Crippen molar-refractivity contribution in [2.75, 3.05) is 19.6 Å². The minimum absolute atomic E-state index is 0. The number of nitrogens with one attached hydrogen (secondary N) is 6. The van der Waals surface area contributed by atoms with E-state index in [0.29, 0.717) is 34.6 Å². The molecule has 3 aliphatic heterocycles. The first-order chi connectivity index (χ1) is 53.2. The van der Waals surface area contributed by atoms with Gasteiger partial charge in [0, 0.05) is 132 Å². The summed E-state index contributed by atoms with van der Waals surface area (Å²) in [6.07, 6.45) is -12.4. The Morgan fingerprint density at radius 1 is 0.505 bits per heavy atom. The van der Waals surface area contributed by atoms with Gasteiger partial charge >= 0.3 is 35.9 Å². The number of amides is 3. The summed E-state index contributed by atoms with van der Waals surface area (Å²) >= 11 is 0. The van der Waals surface area contributed by atoms with E-state index in [-0.39, 0.29) is 139 Å². The molecule has 0 spiro atoms. The number of rotatable bonds is 21. The Morgan fingerprint density at radius 3 is 1.30 bits per heavy atom. The van der Waals surface area contributed by atoms with Gasteiger partial charge in [0.05, 0.1) is 42.3 Å². The number of nitrogens with zero attached hydrogens (tertiary/aromatic N) is 2. The van der Waals surface area contributed by atoms with Crippen LogP contribution in [0.15, 0.2) is 72.8 Å². The highest BCUT2D eigenvalue weighted by Gasteiger charge is 2.44. The minimum atomic E-state index is -2.67. The van der Waals surface area contributed by atoms with Crippen LogP contribution < -0.4 is 10.6 Å². The molecule has 0 bridgehead atoms. The number of aromatic nitrogens is 4. The highest BCUT2D eigenvalue weighted by Crippen LogP contribution is 2.44. The molecule has 576 valence electrons. The number of halogens is 4. The van der Waals surface area contributed by atoms with Gasteiger partial charge in [0.15, 0.2) is 0 Å². The molecule has 3 amide bonds. The molecule has 0 unspecified atom stereocenters. The van der Waals surface area contributed by atoms with Crippen molar-refractivity contribution in [3.8, 4) is 22.8 Å². The Balaban J connectivity index is 0.000000266. The van der Waals surface area contributed by atoms with Crippen molar-refractivity contribution in [3.63, 3.8) is 0 Å². The second-order valence-corrected chi connectivity index (χ2v) is 29.5. The van der Waals surface area contributed by atoms with Gasteiger partial charge in [-0.05, 0) is 200 Å². The van der Waals surface area contributed by atoms with E-state index in [9.17, 15) is 58.1 Å². The van der Waals surface area contributed by atoms with Crippen LogP contribution in [0.5, 0.6) is 0 Å². The lowest BCUT2D eigenvalue weighted by Gasteiger charge is -2.30. The Morgan fingerprint density at radius 2 is 0.897 bits per heavy atom. The van der Waals surface area contributed by atoms with Crippen molar-refractivity contribution in [2.24, 2.45) is 11.8 Å². The lowest BCUT2D eigenvalue weighted by molar-refractivity contribution is -0.158. The fourth-order valence-corrected chi connectivity index (χ4v) is 14.5. The van der Waals surface area contributed by atoms with Gasteiger partial charge in [-0.15, -0.1) is 0 Å². The number of hydrogen-bond donors (Lipinski definition) is 6. The Kier molecular flexibility index (Phi) is 21.4. The van der Waals surface area contributed by atoms with Gasteiger partial charge in [-0.1, -0.05) is 21.3 Å². The zero-order chi connectivity index (χ0) is 83.5. The zero-order valence-electron chi connectivity index (χ0n) is 69.3. The average molecular weight is 1490 g/mol. The number of alkyl carbamates (subject to hydrolysis) is 1. The smallest absolute Gasteiger partial charge is 0.408 e. The largest absolute Gasteiger partial charge is 0.463 e. The molecule has 4 fully saturated rings. The summed E-state index contributed by atoms with van der Waals surface area (Å²) in [5.74, 6) is -8.26. The molecule has 0 radical (unpaired) electrons. The van der Waals surface area contributed by atoms with Gasteiger partial charge in [0.2, 0.25) is 11.8 Å². The highest BCUT2D eigenvalue weighted by molar-refractivity contribution is 5.98. The number of aromatic amines is 4. The molecule has 6 N–H and O–H groups in total. The van der Waals surface area contributed by atoms with Gasteiger partial charge in [-0.2, -0.15) is 0 Å². The van der Waals surface area contributed by atoms with Gasteiger partial charge in [0.25, 0.3) is 0 Å². The number of benzene rings is 4. The van der Waals surface area contributed by atoms with Crippen LogP contribution in [0.25, 0.3) is 66.4 Å². The summed E-state index contributed by atoms with van der Waals surface area (Å²) in [7, 11) is 0. The lowest BCUT2D eigenvalue weighted by Crippen LogP contribution is -2.51. The molecule has 7 heterocycles. The van der Waals surface area contributed by atoms with Crippen LogP contribution in [0, 0.1) is 35.1 Å². The molecule has 1 saturated carbocycles. The topological polar surface area (TPSA) is 286 Å². The number of fused-ring (bicyclic) bond motifs is 4. The Labute approximate surface area is 631 Å². The summed E-state index contributed by atoms with van der Waals surface area (Å²) in [6, 6.07) is 10.2. The molecule has 4 aromatic heterocycles. The summed E-state index contributed by atoms with van der Waals surface area (Å²) in [6.45, 7) is 18.0. The molecule has 26 heteroatoms. The summed E-state index contributed by atoms with van der Waals surface area (Å²) < 4.78 is 170. The normalized spacial score (nSPS) is 22.4. The first kappa shape index (κ1) is 69.0. The third-order valence-corrected chi connectivity index (χ3v) is 18.8. The average Bonchev–Trinajstić information content (AvgIpc) is 1.56. The summed E-state index contributed by atoms with van der Waals surface area (Å²) in [5.41, 5.74) is -0.775. The summed E-state index contributed by atoms with van der Waals surface area (Å²) in [5, 5.41) is 6.78. The van der Waals surface area contributed by atoms with Crippen molar-refractivity contribution in [2.45, 2.75) is 234 Å². The third kappa shape index (κ3) is 19.4. The molecular formula is C81H100F4N8O14. The maximum Gasteiger partial charge on any atom is 0.408 e. The van der Waals surface area contributed by atoms with Crippen molar-refractivity contribution in [1.29, 1.82) is 0 Å². The number of esters is 5. The van der Waals surface area contributed by atoms with Crippen LogP contribution in [-0.2, 0) is 87.5 Å². The van der Waals surface area contributed by atoms with Crippen LogP contribution >= 0.6 is 0 Å². The Bertz CT molecular complexity index is 4750. The number of likely N-dealkylation sites (tertiary alicyclic amines) is 2. The molecule has 8 aromatic rings. The predicted molar refractivity (Wildman–Crippen MR) is 396 cm³/mol. The zero-order valence-corrected chi connectivity index (χ0v) is 61.3. The second kappa shape index (κ2) is 33.2. The van der Waals surface area contributed by atoms with Crippen LogP contribution in [0.2, 0.25) is 0 Å². The maximum absolute atomic E-state index is 15.2. The SMILES string of the molecule is C.[2H]C([2H])(c1c(-c2[nH]c3cc(F)ccc3c2C([2H])([2H])[C@@H]2C[C@H](OC(C)=O)CN2)[nH]c2cc(F)ccc12)[C@H]1CC[C@@H](OC(C)=O)C1.[2H]C([2H])(c1c(-c2[nH]c3cc(F)ccc3c2C([2H])([2H])[C@@H]2C[C@H](OC(C)=O)CN2C(=O)[C@H](CC)NC(=O)OC(C)(C)C)[nH]c2cc(F)ccc12)[C@@H]1C[C@H](OC(C)=O)CN1C(=O)[C@H](CC)CC(=O)OC(C)(C)C. The molecule has 107 heavy (non-hydrogen) atoms. The predicted octanol–water partition coefficient (Wildman–Crippen LogP) is 14.1. The molecule has 10 atom stereocenters. The fraction of sp³-hybridized carbons (Fsp3) is 0.506. The van der Waals surface area contributed by atoms with Crippen LogP contribution in [-0.4, -0.2) is 157 Å². The van der Waals surface area contributed by atoms with Crippen molar-refractivity contribution in [3.05, 3.63) is 118 Å². The first-order valence-electron chi connectivity index (χ1n) is 39.7. The van der Waals surface area contributed by atoms with E-state index >= 15 is 8.78 Å². The highest BCUT2D eigenvalue weighted by atomic mass is 19.1. The van der Waals surface area contributed by atoms with E-state index in [0.717, 1.165) is 24.3 Å². The van der Waals surface area contributed by atoms with Crippen molar-refractivity contribution < 1.29 is 95.3 Å². The lowest BCUT2D eigenvalue weighted by atomic mass is 9.93. The van der Waals surface area contributed by atoms with Crippen molar-refractivity contribution in [1.82, 2.24) is 40.4 Å². The first-order valence-corrected chi connectivity index (χ1v) is 35.7. The monoisotopic (exact) mass is 1490 g/mol. The van der Waals surface area contributed by atoms with Crippen LogP contribution in [0.1, 0.15) is 182 Å². The number of carbonyl (C=O) groups excluding carboxylic acids is 8. The number of hydrogen-bond acceptors (Lipinski definition) is 15. The molecule has 1 aliphatic carbocycles. The van der Waals surface area contributed by atoms with E-state index in [4.69, 9.17) is 28.4 Å². The van der Waals surface area contributed by atoms with E-state index in [1.54, 1.807) is 55.4 Å². The molecular weight excluding hydrogens is 1380 g/mol. The van der Waals surface area contributed by atoms with Gasteiger partial charge < -0.3 is 68.8 Å². The van der Waals surface area contributed by atoms with E-state index in [1.165, 1.54) is 86.0 Å². The van der Waals surface area contributed by atoms with E-state index < -0.39 is 168 Å². The van der Waals surface area contributed by atoms with Crippen LogP contribution in [0.3, 0.4) is 0 Å². The van der Waals surface area contributed by atoms with Gasteiger partial charge in [0.1, 0.15) is 64.9 Å². The second-order valence-electron chi connectivity index (χ2n) is 29.5. The van der Waals surface area contributed by atoms with Crippen molar-refractivity contribution >= 4 is 91.4 Å². The number of carbonyl (C=O) groups is 8. The standard InChI is InChI=1S/C49H63F2N5O10.C31H33F2N3O4.CH4/c1-11-28(17-42(59)65-48(5,6)7)45(60)55-24-33(63-26(3)57)20-31(55)22-37-35-15-13-29(50)18-40(35)52-43(37)44-38(36-16-14-30(51)19-41(36)53-44)23-32-21-34(64-27(4)58)25-56(32)46(61)39(12-2)54-47(62)66-49(8,9)10;1-16(37)39-22-6-3-18(9-22)10-26-24-7-4-19(32)11-28(24)35-30(26)31-27(25-8-5-20(33)12-29(25)36-31)14-21-13-23(15-34-21)40-17(2)38;/h13-16,18-19,28,31-34,39,52-53H,11-12,17,20-25H2,1-10H3,(H,54,62);4-5,7-8,11-12,18,21-23,34-36H,3,6,9-10,13-15H2,1-2H3;1H4/t28-,31+,32+,33+,34+,39+;18-,21-,22+,23-;/m10./s1/i22D2,23D2;10D2,14D2;. The van der Waals surface area contributed by atoms with E-state index in [2.05, 4.69) is 30.6 Å². The molecule has 4 aromatic carbocycles. The van der Waals surface area contributed by atoms with Gasteiger partial charge in [-0.3, -0.25) is 33.6 Å². The molecule has 12 rings (SSSR count). The summed E-state index contributed by atoms with van der Waals surface area (Å²) in [4.78, 5) is 118.